The van der Waals surface area contributed by atoms with Gasteiger partial charge in [0.25, 0.3) is 0 Å². The second-order valence-corrected chi connectivity index (χ2v) is 8.62. The highest BCUT2D eigenvalue weighted by Gasteiger charge is 2.16. The molecule has 0 spiro atoms. The molecule has 0 saturated carbocycles. The third kappa shape index (κ3) is 4.96. The summed E-state index contributed by atoms with van der Waals surface area (Å²) in [6.07, 6.45) is 0. The van der Waals surface area contributed by atoms with Crippen LogP contribution >= 0.6 is 0 Å². The Labute approximate surface area is 205 Å². The van der Waals surface area contributed by atoms with Crippen molar-refractivity contribution in [2.45, 2.75) is 25.9 Å². The highest BCUT2D eigenvalue weighted by molar-refractivity contribution is 5.92. The van der Waals surface area contributed by atoms with E-state index in [4.69, 9.17) is 14.7 Å². The molecule has 176 valence electrons. The van der Waals surface area contributed by atoms with Gasteiger partial charge in [-0.15, -0.1) is 0 Å². The number of nitrogens with zero attached hydrogens (tertiary/aromatic N) is 2. The molecule has 0 aliphatic heterocycles. The van der Waals surface area contributed by atoms with Crippen LogP contribution in [0.5, 0.6) is 5.75 Å². The number of hydrogen-bond donors (Lipinski definition) is 3. The van der Waals surface area contributed by atoms with Crippen molar-refractivity contribution in [3.8, 4) is 17.0 Å². The lowest BCUT2D eigenvalue weighted by Crippen LogP contribution is -2.13. The van der Waals surface area contributed by atoms with Gasteiger partial charge in [0.05, 0.1) is 18.5 Å². The lowest BCUT2D eigenvalue weighted by molar-refractivity contribution is 0.415. The third-order valence-electron chi connectivity index (χ3n) is 6.19. The first-order valence-corrected chi connectivity index (χ1v) is 11.8. The molecule has 0 aliphatic carbocycles. The van der Waals surface area contributed by atoms with Crippen molar-refractivity contribution in [2.75, 3.05) is 17.7 Å². The SMILES string of the molecule is COc1ccc(-c2cc3c(N[C@H](C)c4ccccc4)nc(N[C@@H](C)c4ccccc4)nc3[nH]2)cc1. The Morgan fingerprint density at radius 1 is 0.743 bits per heavy atom. The number of fused-ring (bicyclic) bond motifs is 1. The predicted octanol–water partition coefficient (Wildman–Crippen LogP) is 6.98. The van der Waals surface area contributed by atoms with Crippen LogP contribution in [0.2, 0.25) is 0 Å². The van der Waals surface area contributed by atoms with Gasteiger partial charge >= 0.3 is 0 Å². The molecule has 2 heterocycles. The minimum absolute atomic E-state index is 0.0593. The van der Waals surface area contributed by atoms with Crippen LogP contribution in [0, 0.1) is 0 Å². The van der Waals surface area contributed by atoms with E-state index in [-0.39, 0.29) is 12.1 Å². The standard InChI is InChI=1S/C29H29N5O/c1-19(21-10-6-4-7-11-21)30-27-25-18-26(23-14-16-24(35-3)17-15-23)32-28(25)34-29(33-27)31-20(2)22-12-8-5-9-13-22/h4-20H,1-3H3,(H3,30,31,32,33,34)/t19-,20+/m1/s1. The van der Waals surface area contributed by atoms with Crippen LogP contribution in [-0.4, -0.2) is 22.1 Å². The molecule has 0 bridgehead atoms. The summed E-state index contributed by atoms with van der Waals surface area (Å²) in [5.41, 5.74) is 5.17. The van der Waals surface area contributed by atoms with Crippen LogP contribution < -0.4 is 15.4 Å². The van der Waals surface area contributed by atoms with E-state index >= 15 is 0 Å². The summed E-state index contributed by atoms with van der Waals surface area (Å²) in [6, 6.07) is 30.9. The smallest absolute Gasteiger partial charge is 0.227 e. The Kier molecular flexibility index (Phi) is 6.35. The van der Waals surface area contributed by atoms with E-state index in [0.29, 0.717) is 5.95 Å². The maximum absolute atomic E-state index is 5.31. The van der Waals surface area contributed by atoms with Crippen LogP contribution in [0.15, 0.2) is 91.0 Å². The summed E-state index contributed by atoms with van der Waals surface area (Å²) in [4.78, 5) is 13.2. The van der Waals surface area contributed by atoms with Gasteiger partial charge in [0.15, 0.2) is 0 Å². The topological polar surface area (TPSA) is 74.9 Å². The summed E-state index contributed by atoms with van der Waals surface area (Å²) in [6.45, 7) is 4.25. The molecular formula is C29H29N5O. The number of rotatable bonds is 8. The molecule has 35 heavy (non-hydrogen) atoms. The molecule has 3 N–H and O–H groups in total. The molecule has 0 amide bonds. The average molecular weight is 464 g/mol. The van der Waals surface area contributed by atoms with Crippen molar-refractivity contribution >= 4 is 22.8 Å². The molecular weight excluding hydrogens is 434 g/mol. The normalized spacial score (nSPS) is 12.8. The summed E-state index contributed by atoms with van der Waals surface area (Å²) in [5, 5.41) is 8.02. The number of anilines is 2. The highest BCUT2D eigenvalue weighted by Crippen LogP contribution is 2.32. The Hall–Kier alpha value is -4.32. The number of nitrogens with one attached hydrogen (secondary N) is 3. The maximum Gasteiger partial charge on any atom is 0.227 e. The zero-order valence-electron chi connectivity index (χ0n) is 20.1. The number of ether oxygens (including phenoxy) is 1. The zero-order valence-corrected chi connectivity index (χ0v) is 20.1. The molecule has 0 unspecified atom stereocenters. The summed E-state index contributed by atoms with van der Waals surface area (Å²) < 4.78 is 5.31. The minimum Gasteiger partial charge on any atom is -0.497 e. The first-order valence-electron chi connectivity index (χ1n) is 11.8. The van der Waals surface area contributed by atoms with E-state index in [1.165, 1.54) is 11.1 Å². The lowest BCUT2D eigenvalue weighted by atomic mass is 10.1. The third-order valence-corrected chi connectivity index (χ3v) is 6.19. The second-order valence-electron chi connectivity index (χ2n) is 8.62. The van der Waals surface area contributed by atoms with Gasteiger partial charge in [0.1, 0.15) is 17.2 Å². The summed E-state index contributed by atoms with van der Waals surface area (Å²) in [5.74, 6) is 2.18. The molecule has 0 saturated heterocycles. The van der Waals surface area contributed by atoms with Gasteiger partial charge in [-0.25, -0.2) is 0 Å². The Bertz CT molecular complexity index is 1400. The largest absolute Gasteiger partial charge is 0.497 e. The molecule has 5 aromatic rings. The number of hydrogen-bond acceptors (Lipinski definition) is 5. The molecule has 0 radical (unpaired) electrons. The number of aromatic nitrogens is 3. The fraction of sp³-hybridized carbons (Fsp3) is 0.172. The van der Waals surface area contributed by atoms with Crippen molar-refractivity contribution in [2.24, 2.45) is 0 Å². The fourth-order valence-electron chi connectivity index (χ4n) is 4.16. The van der Waals surface area contributed by atoms with Crippen LogP contribution in [0.1, 0.15) is 37.1 Å². The van der Waals surface area contributed by atoms with E-state index in [9.17, 15) is 0 Å². The Morgan fingerprint density at radius 3 is 1.94 bits per heavy atom. The molecule has 0 aliphatic rings. The number of benzene rings is 3. The van der Waals surface area contributed by atoms with Gasteiger partial charge in [-0.2, -0.15) is 9.97 Å². The van der Waals surface area contributed by atoms with Crippen LogP contribution in [0.25, 0.3) is 22.3 Å². The van der Waals surface area contributed by atoms with E-state index in [2.05, 4.69) is 71.9 Å². The molecule has 2 atom stereocenters. The average Bonchev–Trinajstić information content (AvgIpc) is 3.34. The van der Waals surface area contributed by atoms with E-state index < -0.39 is 0 Å². The molecule has 6 nitrogen and oxygen atoms in total. The van der Waals surface area contributed by atoms with E-state index in [1.54, 1.807) is 7.11 Å². The van der Waals surface area contributed by atoms with Gasteiger partial charge < -0.3 is 20.4 Å². The van der Waals surface area contributed by atoms with Crippen LogP contribution in [-0.2, 0) is 0 Å². The zero-order chi connectivity index (χ0) is 24.2. The first-order chi connectivity index (χ1) is 17.1. The highest BCUT2D eigenvalue weighted by atomic mass is 16.5. The minimum atomic E-state index is 0.0593. The molecule has 6 heteroatoms. The molecule has 3 aromatic carbocycles. The number of aromatic amines is 1. The number of H-pyrrole nitrogens is 1. The van der Waals surface area contributed by atoms with Gasteiger partial charge in [-0.1, -0.05) is 60.7 Å². The molecule has 5 rings (SSSR count). The van der Waals surface area contributed by atoms with E-state index in [0.717, 1.165) is 33.9 Å². The van der Waals surface area contributed by atoms with Gasteiger partial charge in [-0.3, -0.25) is 0 Å². The fourth-order valence-corrected chi connectivity index (χ4v) is 4.16. The Balaban J connectivity index is 1.53. The molecule has 2 aromatic heterocycles. The predicted molar refractivity (Wildman–Crippen MR) is 143 cm³/mol. The van der Waals surface area contributed by atoms with Crippen molar-refractivity contribution in [3.63, 3.8) is 0 Å². The van der Waals surface area contributed by atoms with E-state index in [1.807, 2.05) is 48.5 Å². The monoisotopic (exact) mass is 463 g/mol. The van der Waals surface area contributed by atoms with Crippen LogP contribution in [0.3, 0.4) is 0 Å². The van der Waals surface area contributed by atoms with Gasteiger partial charge in [0.2, 0.25) is 5.95 Å². The lowest BCUT2D eigenvalue weighted by Gasteiger charge is -2.18. The van der Waals surface area contributed by atoms with Crippen LogP contribution in [0.4, 0.5) is 11.8 Å². The number of methoxy groups -OCH3 is 1. The van der Waals surface area contributed by atoms with Crippen molar-refractivity contribution in [1.29, 1.82) is 0 Å². The maximum atomic E-state index is 5.31. The van der Waals surface area contributed by atoms with Gasteiger partial charge in [-0.05, 0) is 60.9 Å². The Morgan fingerprint density at radius 2 is 1.34 bits per heavy atom. The van der Waals surface area contributed by atoms with Crippen molar-refractivity contribution < 1.29 is 4.74 Å². The van der Waals surface area contributed by atoms with Gasteiger partial charge in [0, 0.05) is 11.7 Å². The first kappa shape index (κ1) is 22.5. The van der Waals surface area contributed by atoms with Crippen molar-refractivity contribution in [1.82, 2.24) is 15.0 Å². The second kappa shape index (κ2) is 9.89. The van der Waals surface area contributed by atoms with Crippen molar-refractivity contribution in [3.05, 3.63) is 102 Å². The molecule has 0 fully saturated rings. The summed E-state index contributed by atoms with van der Waals surface area (Å²) in [7, 11) is 1.67. The summed E-state index contributed by atoms with van der Waals surface area (Å²) >= 11 is 0. The quantitative estimate of drug-likeness (QED) is 0.231.